The van der Waals surface area contributed by atoms with Crippen LogP contribution in [0.2, 0.25) is 0 Å². The summed E-state index contributed by atoms with van der Waals surface area (Å²) in [6.07, 6.45) is 3.80. The lowest BCUT2D eigenvalue weighted by Crippen LogP contribution is -2.31. The summed E-state index contributed by atoms with van der Waals surface area (Å²) in [5.74, 6) is 2.50. The van der Waals surface area contributed by atoms with Crippen molar-refractivity contribution in [3.05, 3.63) is 29.3 Å². The number of nitrogens with one attached hydrogen (secondary N) is 1. The molecule has 0 spiro atoms. The van der Waals surface area contributed by atoms with Crippen molar-refractivity contribution in [2.24, 2.45) is 11.8 Å². The number of hydrogen-bond donors (Lipinski definition) is 1. The molecular formula is C18H29NO. The average molecular weight is 275 g/mol. The zero-order valence-electron chi connectivity index (χ0n) is 13.4. The van der Waals surface area contributed by atoms with Crippen molar-refractivity contribution in [3.63, 3.8) is 0 Å². The third-order valence-corrected chi connectivity index (χ3v) is 4.30. The topological polar surface area (TPSA) is 21.3 Å². The fraction of sp³-hybridized carbons (Fsp3) is 0.667. The van der Waals surface area contributed by atoms with Gasteiger partial charge in [-0.25, -0.2) is 0 Å². The molecule has 2 nitrogen and oxygen atoms in total. The van der Waals surface area contributed by atoms with Crippen molar-refractivity contribution in [1.82, 2.24) is 5.32 Å². The van der Waals surface area contributed by atoms with Crippen molar-refractivity contribution in [2.75, 3.05) is 13.1 Å². The van der Waals surface area contributed by atoms with Crippen LogP contribution >= 0.6 is 0 Å². The molecule has 1 aliphatic heterocycles. The van der Waals surface area contributed by atoms with E-state index in [1.165, 1.54) is 17.5 Å². The van der Waals surface area contributed by atoms with Crippen LogP contribution < -0.4 is 10.1 Å². The van der Waals surface area contributed by atoms with E-state index in [2.05, 4.69) is 51.2 Å². The van der Waals surface area contributed by atoms with E-state index in [9.17, 15) is 0 Å². The van der Waals surface area contributed by atoms with Crippen molar-refractivity contribution in [3.8, 4) is 5.75 Å². The Morgan fingerprint density at radius 2 is 2.15 bits per heavy atom. The zero-order chi connectivity index (χ0) is 14.5. The maximum atomic E-state index is 6.12. The second kappa shape index (κ2) is 7.12. The van der Waals surface area contributed by atoms with Crippen LogP contribution in [0.3, 0.4) is 0 Å². The summed E-state index contributed by atoms with van der Waals surface area (Å²) in [5, 5.41) is 3.57. The molecule has 0 saturated carbocycles. The summed E-state index contributed by atoms with van der Waals surface area (Å²) >= 11 is 0. The lowest BCUT2D eigenvalue weighted by molar-refractivity contribution is 0.173. The van der Waals surface area contributed by atoms with Gasteiger partial charge in [-0.15, -0.1) is 0 Å². The normalized spacial score (nSPS) is 18.9. The van der Waals surface area contributed by atoms with E-state index in [0.717, 1.165) is 31.7 Å². The first-order valence-corrected chi connectivity index (χ1v) is 8.07. The Kier molecular flexibility index (Phi) is 5.47. The number of hydrogen-bond acceptors (Lipinski definition) is 2. The molecule has 0 aliphatic carbocycles. The zero-order valence-corrected chi connectivity index (χ0v) is 13.4. The minimum atomic E-state index is 0.364. The highest BCUT2D eigenvalue weighted by atomic mass is 16.5. The molecule has 1 aromatic carbocycles. The standard InChI is InChI=1S/C18H29NO/c1-5-8-19-12-16(13(2)3)11-17-10-15-9-14(4)6-7-18(15)20-17/h6-7,9,13,16-17,19H,5,8,10-12H2,1-4H3. The highest BCUT2D eigenvalue weighted by Crippen LogP contribution is 2.33. The van der Waals surface area contributed by atoms with Crippen LogP contribution in [0.15, 0.2) is 18.2 Å². The molecule has 1 aromatic rings. The Labute approximate surface area is 123 Å². The summed E-state index contributed by atoms with van der Waals surface area (Å²) in [5.41, 5.74) is 2.72. The summed E-state index contributed by atoms with van der Waals surface area (Å²) in [6.45, 7) is 11.2. The van der Waals surface area contributed by atoms with Gasteiger partial charge in [0.25, 0.3) is 0 Å². The Morgan fingerprint density at radius 1 is 1.35 bits per heavy atom. The van der Waals surface area contributed by atoms with Crippen molar-refractivity contribution in [2.45, 2.75) is 53.1 Å². The molecule has 1 heterocycles. The molecule has 2 heteroatoms. The third-order valence-electron chi connectivity index (χ3n) is 4.30. The van der Waals surface area contributed by atoms with Crippen LogP contribution in [0.5, 0.6) is 5.75 Å². The maximum Gasteiger partial charge on any atom is 0.123 e. The molecule has 112 valence electrons. The van der Waals surface area contributed by atoms with Crippen LogP contribution in [0.4, 0.5) is 0 Å². The summed E-state index contributed by atoms with van der Waals surface area (Å²) in [6, 6.07) is 6.55. The molecule has 0 bridgehead atoms. The van der Waals surface area contributed by atoms with Crippen LogP contribution in [0.1, 0.15) is 44.7 Å². The van der Waals surface area contributed by atoms with Crippen molar-refractivity contribution >= 4 is 0 Å². The SMILES string of the molecule is CCCNCC(CC1Cc2cc(C)ccc2O1)C(C)C. The quantitative estimate of drug-likeness (QED) is 0.761. The van der Waals surface area contributed by atoms with Gasteiger partial charge in [-0.2, -0.15) is 0 Å². The van der Waals surface area contributed by atoms with Gasteiger partial charge in [-0.05, 0) is 56.3 Å². The van der Waals surface area contributed by atoms with Crippen molar-refractivity contribution in [1.29, 1.82) is 0 Å². The van der Waals surface area contributed by atoms with Crippen LogP contribution in [0.25, 0.3) is 0 Å². The lowest BCUT2D eigenvalue weighted by Gasteiger charge is -2.24. The second-order valence-electron chi connectivity index (χ2n) is 6.50. The summed E-state index contributed by atoms with van der Waals surface area (Å²) in [4.78, 5) is 0. The molecule has 2 unspecified atom stereocenters. The summed E-state index contributed by atoms with van der Waals surface area (Å²) in [7, 11) is 0. The van der Waals surface area contributed by atoms with Gasteiger partial charge in [0.15, 0.2) is 0 Å². The van der Waals surface area contributed by atoms with Crippen LogP contribution in [-0.4, -0.2) is 19.2 Å². The van der Waals surface area contributed by atoms with E-state index in [-0.39, 0.29) is 0 Å². The maximum absolute atomic E-state index is 6.12. The monoisotopic (exact) mass is 275 g/mol. The molecule has 0 amide bonds. The largest absolute Gasteiger partial charge is 0.490 e. The number of aryl methyl sites for hydroxylation is 1. The van der Waals surface area contributed by atoms with Gasteiger partial charge in [0, 0.05) is 6.42 Å². The van der Waals surface area contributed by atoms with Gasteiger partial charge in [0.2, 0.25) is 0 Å². The molecule has 1 aliphatic rings. The van der Waals surface area contributed by atoms with Gasteiger partial charge in [0.1, 0.15) is 11.9 Å². The minimum Gasteiger partial charge on any atom is -0.490 e. The number of fused-ring (bicyclic) bond motifs is 1. The van der Waals surface area contributed by atoms with E-state index in [0.29, 0.717) is 17.9 Å². The number of rotatable bonds is 7. The van der Waals surface area contributed by atoms with E-state index in [1.54, 1.807) is 0 Å². The lowest BCUT2D eigenvalue weighted by atomic mass is 9.89. The van der Waals surface area contributed by atoms with Gasteiger partial charge in [-0.1, -0.05) is 38.5 Å². The molecule has 0 saturated heterocycles. The minimum absolute atomic E-state index is 0.364. The van der Waals surface area contributed by atoms with Gasteiger partial charge >= 0.3 is 0 Å². The van der Waals surface area contributed by atoms with E-state index >= 15 is 0 Å². The first-order valence-electron chi connectivity index (χ1n) is 8.07. The highest BCUT2D eigenvalue weighted by Gasteiger charge is 2.26. The molecule has 0 aromatic heterocycles. The molecule has 2 rings (SSSR count). The Balaban J connectivity index is 1.89. The fourth-order valence-corrected chi connectivity index (χ4v) is 2.97. The van der Waals surface area contributed by atoms with E-state index in [4.69, 9.17) is 4.74 Å². The van der Waals surface area contributed by atoms with Gasteiger partial charge in [0.05, 0.1) is 0 Å². The van der Waals surface area contributed by atoms with Crippen LogP contribution in [0, 0.1) is 18.8 Å². The Hall–Kier alpha value is -1.02. The molecule has 20 heavy (non-hydrogen) atoms. The van der Waals surface area contributed by atoms with Crippen molar-refractivity contribution < 1.29 is 4.74 Å². The molecule has 1 N–H and O–H groups in total. The Morgan fingerprint density at radius 3 is 2.85 bits per heavy atom. The summed E-state index contributed by atoms with van der Waals surface area (Å²) < 4.78 is 6.12. The van der Waals surface area contributed by atoms with Gasteiger partial charge in [-0.3, -0.25) is 0 Å². The Bertz CT molecular complexity index is 427. The number of ether oxygens (including phenoxy) is 1. The smallest absolute Gasteiger partial charge is 0.123 e. The highest BCUT2D eigenvalue weighted by molar-refractivity contribution is 5.40. The van der Waals surface area contributed by atoms with E-state index < -0.39 is 0 Å². The first-order chi connectivity index (χ1) is 9.60. The molecule has 2 atom stereocenters. The second-order valence-corrected chi connectivity index (χ2v) is 6.50. The molecule has 0 fully saturated rings. The molecular weight excluding hydrogens is 246 g/mol. The third kappa shape index (κ3) is 3.99. The van der Waals surface area contributed by atoms with Gasteiger partial charge < -0.3 is 10.1 Å². The van der Waals surface area contributed by atoms with E-state index in [1.807, 2.05) is 0 Å². The predicted octanol–water partition coefficient (Wildman–Crippen LogP) is 3.96. The van der Waals surface area contributed by atoms with Crippen LogP contribution in [-0.2, 0) is 6.42 Å². The molecule has 0 radical (unpaired) electrons. The predicted molar refractivity (Wildman–Crippen MR) is 85.4 cm³/mol. The number of benzene rings is 1. The first kappa shape index (κ1) is 15.4. The average Bonchev–Trinajstić information content (AvgIpc) is 2.79. The fourth-order valence-electron chi connectivity index (χ4n) is 2.97.